The molecule has 2 aromatic rings. The Labute approximate surface area is 197 Å². The van der Waals surface area contributed by atoms with Gasteiger partial charge in [-0.3, -0.25) is 14.5 Å². The quantitative estimate of drug-likeness (QED) is 0.568. The van der Waals surface area contributed by atoms with Crippen LogP contribution in [0.3, 0.4) is 0 Å². The molecule has 0 radical (unpaired) electrons. The molecular weight excluding hydrogens is 462 g/mol. The molecule has 0 saturated carbocycles. The Morgan fingerprint density at radius 3 is 2.79 bits per heavy atom. The molecule has 2 amide bonds. The van der Waals surface area contributed by atoms with Crippen molar-refractivity contribution in [1.29, 1.82) is 0 Å². The first kappa shape index (κ1) is 23.9. The Bertz CT molecular complexity index is 1210. The van der Waals surface area contributed by atoms with Crippen LogP contribution in [0.1, 0.15) is 30.1 Å². The fraction of sp³-hybridized carbons (Fsp3) is 0.348. The minimum Gasteiger partial charge on any atom is -0.449 e. The monoisotopic (exact) mass is 487 g/mol. The lowest BCUT2D eigenvalue weighted by atomic mass is 10.1. The fourth-order valence-electron chi connectivity index (χ4n) is 3.81. The number of rotatable bonds is 7. The van der Waals surface area contributed by atoms with Crippen LogP contribution in [0.4, 0.5) is 11.4 Å². The van der Waals surface area contributed by atoms with Crippen LogP contribution < -0.4 is 14.9 Å². The van der Waals surface area contributed by atoms with E-state index in [1.165, 1.54) is 36.1 Å². The average Bonchev–Trinajstić information content (AvgIpc) is 3.35. The summed E-state index contributed by atoms with van der Waals surface area (Å²) in [6, 6.07) is 12.2. The van der Waals surface area contributed by atoms with E-state index in [2.05, 4.69) is 10.0 Å². The van der Waals surface area contributed by atoms with Gasteiger partial charge in [0.1, 0.15) is 6.54 Å². The summed E-state index contributed by atoms with van der Waals surface area (Å²) in [6.45, 7) is 1.95. The Balaban J connectivity index is 1.43. The highest BCUT2D eigenvalue weighted by Gasteiger charge is 2.31. The van der Waals surface area contributed by atoms with Crippen molar-refractivity contribution in [2.24, 2.45) is 0 Å². The number of ether oxygens (including phenoxy) is 2. The van der Waals surface area contributed by atoms with Crippen molar-refractivity contribution < 1.29 is 32.3 Å². The van der Waals surface area contributed by atoms with Gasteiger partial charge in [0.15, 0.2) is 6.10 Å². The Hall–Kier alpha value is -3.28. The van der Waals surface area contributed by atoms with Crippen LogP contribution >= 0.6 is 0 Å². The summed E-state index contributed by atoms with van der Waals surface area (Å²) in [6.07, 6.45) is 0.295. The lowest BCUT2D eigenvalue weighted by Gasteiger charge is -2.30. The number of amides is 2. The molecule has 0 aliphatic carbocycles. The van der Waals surface area contributed by atoms with Crippen molar-refractivity contribution in [3.8, 4) is 0 Å². The number of nitrogens with one attached hydrogen (secondary N) is 2. The van der Waals surface area contributed by atoms with E-state index in [4.69, 9.17) is 9.47 Å². The topological polar surface area (TPSA) is 131 Å². The molecular formula is C23H25N3O7S. The van der Waals surface area contributed by atoms with Crippen LogP contribution in [0.2, 0.25) is 0 Å². The number of hydrogen-bond acceptors (Lipinski definition) is 7. The Kier molecular flexibility index (Phi) is 6.96. The zero-order valence-electron chi connectivity index (χ0n) is 18.5. The van der Waals surface area contributed by atoms with E-state index < -0.39 is 28.0 Å². The van der Waals surface area contributed by atoms with E-state index in [0.29, 0.717) is 18.0 Å². The third-order valence-corrected chi connectivity index (χ3v) is 6.99. The summed E-state index contributed by atoms with van der Waals surface area (Å²) >= 11 is 0. The molecule has 0 spiro atoms. The second kappa shape index (κ2) is 9.92. The van der Waals surface area contributed by atoms with Crippen molar-refractivity contribution in [3.05, 3.63) is 54.1 Å². The van der Waals surface area contributed by atoms with Gasteiger partial charge in [0.05, 0.1) is 27.9 Å². The van der Waals surface area contributed by atoms with Crippen molar-refractivity contribution in [3.63, 3.8) is 0 Å². The number of carbonyl (C=O) groups excluding carboxylic acids is 3. The van der Waals surface area contributed by atoms with Gasteiger partial charge in [-0.2, -0.15) is 0 Å². The predicted octanol–water partition coefficient (Wildman–Crippen LogP) is 1.67. The van der Waals surface area contributed by atoms with E-state index in [9.17, 15) is 22.8 Å². The maximum absolute atomic E-state index is 13.0. The van der Waals surface area contributed by atoms with Gasteiger partial charge in [0.25, 0.3) is 5.91 Å². The van der Waals surface area contributed by atoms with Crippen molar-refractivity contribution in [1.82, 2.24) is 4.72 Å². The molecule has 0 unspecified atom stereocenters. The summed E-state index contributed by atoms with van der Waals surface area (Å²) in [4.78, 5) is 38.8. The first-order chi connectivity index (χ1) is 16.2. The number of sulfonamides is 1. The number of nitrogens with zero attached hydrogens (tertiary/aromatic N) is 1. The average molecular weight is 488 g/mol. The Morgan fingerprint density at radius 1 is 1.24 bits per heavy atom. The van der Waals surface area contributed by atoms with Gasteiger partial charge in [-0.25, -0.2) is 17.9 Å². The van der Waals surface area contributed by atoms with Gasteiger partial charge in [-0.1, -0.05) is 18.2 Å². The molecule has 4 rings (SSSR count). The number of anilines is 2. The highest BCUT2D eigenvalue weighted by atomic mass is 32.2. The van der Waals surface area contributed by atoms with Crippen LogP contribution in [-0.2, 0) is 29.1 Å². The number of para-hydroxylation sites is 2. The number of carbonyl (C=O) groups is 3. The summed E-state index contributed by atoms with van der Waals surface area (Å²) in [7, 11) is -3.86. The van der Waals surface area contributed by atoms with E-state index >= 15 is 0 Å². The van der Waals surface area contributed by atoms with Gasteiger partial charge < -0.3 is 14.8 Å². The molecule has 2 aliphatic rings. The van der Waals surface area contributed by atoms with Crippen LogP contribution in [-0.4, -0.2) is 58.1 Å². The lowest BCUT2D eigenvalue weighted by molar-refractivity contribution is -0.128. The van der Waals surface area contributed by atoms with Crippen LogP contribution in [0.15, 0.2) is 53.4 Å². The van der Waals surface area contributed by atoms with E-state index in [0.717, 1.165) is 12.8 Å². The van der Waals surface area contributed by atoms with Crippen molar-refractivity contribution in [2.45, 2.75) is 36.9 Å². The molecule has 0 aromatic heterocycles. The van der Waals surface area contributed by atoms with Gasteiger partial charge in [0, 0.05) is 13.2 Å². The molecule has 2 aromatic carbocycles. The molecule has 1 saturated heterocycles. The smallest absolute Gasteiger partial charge is 0.338 e. The molecule has 0 bridgehead atoms. The molecule has 2 aliphatic heterocycles. The van der Waals surface area contributed by atoms with Gasteiger partial charge in [0.2, 0.25) is 15.9 Å². The van der Waals surface area contributed by atoms with Crippen LogP contribution in [0.25, 0.3) is 0 Å². The maximum atomic E-state index is 13.0. The molecule has 11 heteroatoms. The van der Waals surface area contributed by atoms with Gasteiger partial charge >= 0.3 is 5.97 Å². The van der Waals surface area contributed by atoms with Crippen LogP contribution in [0, 0.1) is 0 Å². The number of hydrogen-bond donors (Lipinski definition) is 2. The number of benzene rings is 2. The first-order valence-electron chi connectivity index (χ1n) is 10.9. The summed E-state index contributed by atoms with van der Waals surface area (Å²) < 4.78 is 38.5. The number of fused-ring (bicyclic) bond motifs is 1. The van der Waals surface area contributed by atoms with Crippen LogP contribution in [0.5, 0.6) is 0 Å². The lowest BCUT2D eigenvalue weighted by Crippen LogP contribution is -2.47. The maximum Gasteiger partial charge on any atom is 0.338 e. The third-order valence-electron chi connectivity index (χ3n) is 5.57. The van der Waals surface area contributed by atoms with Gasteiger partial charge in [-0.15, -0.1) is 0 Å². The minimum absolute atomic E-state index is 0.0172. The molecule has 10 nitrogen and oxygen atoms in total. The van der Waals surface area contributed by atoms with Gasteiger partial charge in [-0.05, 0) is 50.1 Å². The SMILES string of the molecule is C[C@@H](OC(=O)c1cccc(S(=O)(=O)NC[C@H]2CCCO2)c1)C(=O)N1CC(=O)Nc2ccccc21. The first-order valence-corrected chi connectivity index (χ1v) is 12.4. The summed E-state index contributed by atoms with van der Waals surface area (Å²) in [5.41, 5.74) is 0.968. The molecule has 2 N–H and O–H groups in total. The molecule has 2 heterocycles. The summed E-state index contributed by atoms with van der Waals surface area (Å²) in [5, 5.41) is 2.69. The molecule has 34 heavy (non-hydrogen) atoms. The largest absolute Gasteiger partial charge is 0.449 e. The zero-order chi connectivity index (χ0) is 24.3. The highest BCUT2D eigenvalue weighted by Crippen LogP contribution is 2.29. The Morgan fingerprint density at radius 2 is 2.03 bits per heavy atom. The summed E-state index contributed by atoms with van der Waals surface area (Å²) in [5.74, 6) is -1.79. The standard InChI is InChI=1S/C23H25N3O7S/c1-15(22(28)26-14-21(27)25-19-9-2-3-10-20(19)26)33-23(29)16-6-4-8-18(12-16)34(30,31)24-13-17-7-5-11-32-17/h2-4,6,8-10,12,15,17,24H,5,7,11,13-14H2,1H3,(H,25,27)/t15-,17-/m1/s1. The number of esters is 1. The minimum atomic E-state index is -3.86. The second-order valence-corrected chi connectivity index (χ2v) is 9.82. The zero-order valence-corrected chi connectivity index (χ0v) is 19.3. The van der Waals surface area contributed by atoms with E-state index in [1.54, 1.807) is 24.3 Å². The predicted molar refractivity (Wildman–Crippen MR) is 123 cm³/mol. The van der Waals surface area contributed by atoms with Crippen molar-refractivity contribution >= 4 is 39.2 Å². The van der Waals surface area contributed by atoms with E-state index in [1.807, 2.05) is 0 Å². The third kappa shape index (κ3) is 5.27. The molecule has 2 atom stereocenters. The molecule has 180 valence electrons. The van der Waals surface area contributed by atoms with E-state index in [-0.39, 0.29) is 35.6 Å². The normalized spacial score (nSPS) is 18.7. The van der Waals surface area contributed by atoms with Crippen molar-refractivity contribution in [2.75, 3.05) is 29.9 Å². The second-order valence-electron chi connectivity index (χ2n) is 8.05. The fourth-order valence-corrected chi connectivity index (χ4v) is 4.92. The molecule has 1 fully saturated rings. The highest BCUT2D eigenvalue weighted by molar-refractivity contribution is 7.89.